The molecule has 16 heavy (non-hydrogen) atoms. The van der Waals surface area contributed by atoms with E-state index in [1.165, 1.54) is 25.7 Å². The quantitative estimate of drug-likeness (QED) is 0.820. The third-order valence-electron chi connectivity index (χ3n) is 3.99. The lowest BCUT2D eigenvalue weighted by Crippen LogP contribution is -2.45. The van der Waals surface area contributed by atoms with Crippen LogP contribution in [-0.2, 0) is 5.60 Å². The Morgan fingerprint density at radius 3 is 2.31 bits per heavy atom. The zero-order chi connectivity index (χ0) is 11.8. The second kappa shape index (κ2) is 4.15. The van der Waals surface area contributed by atoms with Gasteiger partial charge in [-0.2, -0.15) is 0 Å². The van der Waals surface area contributed by atoms with Gasteiger partial charge in [0.05, 0.1) is 0 Å². The monoisotopic (exact) mass is 238 g/mol. The van der Waals surface area contributed by atoms with Crippen LogP contribution in [0.25, 0.3) is 0 Å². The first-order valence-electron chi connectivity index (χ1n) is 6.22. The van der Waals surface area contributed by atoms with E-state index in [1.54, 1.807) is 11.3 Å². The number of rotatable bonds is 2. The highest BCUT2D eigenvalue weighted by Crippen LogP contribution is 2.51. The minimum atomic E-state index is -0.641. The molecule has 2 rings (SSSR count). The Kier molecular flexibility index (Phi) is 3.15. The molecule has 0 saturated heterocycles. The van der Waals surface area contributed by atoms with Crippen molar-refractivity contribution >= 4 is 11.3 Å². The maximum atomic E-state index is 11.2. The second-order valence-corrected chi connectivity index (χ2v) is 6.92. The van der Waals surface area contributed by atoms with Gasteiger partial charge in [-0.15, -0.1) is 11.3 Å². The fraction of sp³-hybridized carbons (Fsp3) is 0.714. The van der Waals surface area contributed by atoms with Crippen molar-refractivity contribution in [2.24, 2.45) is 11.3 Å². The topological polar surface area (TPSA) is 20.2 Å². The highest BCUT2D eigenvalue weighted by molar-refractivity contribution is 7.10. The Morgan fingerprint density at radius 1 is 1.25 bits per heavy atom. The van der Waals surface area contributed by atoms with E-state index in [-0.39, 0.29) is 5.41 Å². The normalized spacial score (nSPS) is 22.2. The first kappa shape index (κ1) is 12.1. The molecule has 0 aromatic carbocycles. The minimum absolute atomic E-state index is 0.0904. The van der Waals surface area contributed by atoms with Crippen molar-refractivity contribution in [1.82, 2.24) is 0 Å². The van der Waals surface area contributed by atoms with E-state index in [9.17, 15) is 5.11 Å². The van der Waals surface area contributed by atoms with Crippen molar-refractivity contribution in [2.75, 3.05) is 0 Å². The van der Waals surface area contributed by atoms with Crippen molar-refractivity contribution < 1.29 is 5.11 Å². The summed E-state index contributed by atoms with van der Waals surface area (Å²) in [4.78, 5) is 1.15. The molecule has 90 valence electrons. The van der Waals surface area contributed by atoms with E-state index in [4.69, 9.17) is 0 Å². The number of hydrogen-bond acceptors (Lipinski definition) is 2. The molecule has 0 radical (unpaired) electrons. The lowest BCUT2D eigenvalue weighted by Gasteiger charge is -2.44. The van der Waals surface area contributed by atoms with Crippen LogP contribution in [0, 0.1) is 11.3 Å². The molecule has 1 aliphatic carbocycles. The van der Waals surface area contributed by atoms with Crippen LogP contribution in [0.5, 0.6) is 0 Å². The van der Waals surface area contributed by atoms with Gasteiger partial charge in [0.25, 0.3) is 0 Å². The highest BCUT2D eigenvalue weighted by Gasteiger charge is 2.49. The molecule has 1 heterocycles. The first-order chi connectivity index (χ1) is 7.46. The van der Waals surface area contributed by atoms with Crippen LogP contribution < -0.4 is 0 Å². The first-order valence-corrected chi connectivity index (χ1v) is 7.10. The molecule has 0 spiro atoms. The summed E-state index contributed by atoms with van der Waals surface area (Å²) in [6.07, 6.45) is 4.89. The van der Waals surface area contributed by atoms with E-state index in [1.807, 2.05) is 6.07 Å². The molecular formula is C14H22OS. The average molecular weight is 238 g/mol. The molecule has 1 saturated carbocycles. The molecular weight excluding hydrogens is 216 g/mol. The van der Waals surface area contributed by atoms with Crippen molar-refractivity contribution in [3.63, 3.8) is 0 Å². The van der Waals surface area contributed by atoms with Crippen molar-refractivity contribution in [3.8, 4) is 0 Å². The standard InChI is InChI=1S/C14H22OS/c1-13(2,3)14(15,11-7-4-5-8-11)12-9-6-10-16-12/h6,9-11,15H,4-5,7-8H2,1-3H3. The Balaban J connectivity index is 2.40. The predicted octanol–water partition coefficient (Wildman–Crippen LogP) is 4.17. The summed E-state index contributed by atoms with van der Waals surface area (Å²) in [5.41, 5.74) is -0.732. The molecule has 1 nitrogen and oxygen atoms in total. The van der Waals surface area contributed by atoms with E-state index >= 15 is 0 Å². The average Bonchev–Trinajstić information content (AvgIpc) is 2.88. The van der Waals surface area contributed by atoms with Crippen molar-refractivity contribution in [3.05, 3.63) is 22.4 Å². The molecule has 0 amide bonds. The molecule has 1 aromatic rings. The number of hydrogen-bond donors (Lipinski definition) is 1. The zero-order valence-electron chi connectivity index (χ0n) is 10.5. The summed E-state index contributed by atoms with van der Waals surface area (Å²) in [5, 5.41) is 13.3. The number of thiophene rings is 1. The fourth-order valence-electron chi connectivity index (χ4n) is 3.02. The highest BCUT2D eigenvalue weighted by atomic mass is 32.1. The van der Waals surface area contributed by atoms with Gasteiger partial charge < -0.3 is 5.11 Å². The van der Waals surface area contributed by atoms with Gasteiger partial charge in [0, 0.05) is 4.88 Å². The third-order valence-corrected chi connectivity index (χ3v) is 4.98. The maximum absolute atomic E-state index is 11.2. The molecule has 1 unspecified atom stereocenters. The van der Waals surface area contributed by atoms with E-state index in [2.05, 4.69) is 32.2 Å². The van der Waals surface area contributed by atoms with Gasteiger partial charge in [0.2, 0.25) is 0 Å². The van der Waals surface area contributed by atoms with E-state index < -0.39 is 5.60 Å². The van der Waals surface area contributed by atoms with E-state index in [0.717, 1.165) is 4.88 Å². The van der Waals surface area contributed by atoms with Crippen molar-refractivity contribution in [1.29, 1.82) is 0 Å². The summed E-state index contributed by atoms with van der Waals surface area (Å²) in [6, 6.07) is 4.14. The molecule has 1 atom stereocenters. The van der Waals surface area contributed by atoms with Gasteiger partial charge in [-0.1, -0.05) is 39.7 Å². The molecule has 0 aliphatic heterocycles. The van der Waals surface area contributed by atoms with Gasteiger partial charge in [0.1, 0.15) is 5.60 Å². The zero-order valence-corrected chi connectivity index (χ0v) is 11.3. The smallest absolute Gasteiger partial charge is 0.106 e. The van der Waals surface area contributed by atoms with Crippen LogP contribution in [0.1, 0.15) is 51.3 Å². The molecule has 2 heteroatoms. The molecule has 0 bridgehead atoms. The molecule has 1 fully saturated rings. The SMILES string of the molecule is CC(C)(C)C(O)(c1cccs1)C1CCCC1. The second-order valence-electron chi connectivity index (χ2n) is 5.98. The Labute approximate surface area is 103 Å². The fourth-order valence-corrected chi connectivity index (χ4v) is 4.14. The Morgan fingerprint density at radius 2 is 1.88 bits per heavy atom. The minimum Gasteiger partial charge on any atom is -0.383 e. The van der Waals surface area contributed by atoms with Gasteiger partial charge >= 0.3 is 0 Å². The Hall–Kier alpha value is -0.340. The third kappa shape index (κ3) is 1.82. The van der Waals surface area contributed by atoms with Gasteiger partial charge in [0.15, 0.2) is 0 Å². The molecule has 1 aromatic heterocycles. The van der Waals surface area contributed by atoms with Gasteiger partial charge in [-0.3, -0.25) is 0 Å². The number of aliphatic hydroxyl groups is 1. The lowest BCUT2D eigenvalue weighted by molar-refractivity contribution is -0.108. The summed E-state index contributed by atoms with van der Waals surface area (Å²) in [6.45, 7) is 6.47. The summed E-state index contributed by atoms with van der Waals surface area (Å²) in [5.74, 6) is 0.436. The van der Waals surface area contributed by atoms with Crippen LogP contribution in [0.3, 0.4) is 0 Å². The summed E-state index contributed by atoms with van der Waals surface area (Å²) in [7, 11) is 0. The Bertz CT molecular complexity index is 330. The molecule has 1 N–H and O–H groups in total. The maximum Gasteiger partial charge on any atom is 0.106 e. The van der Waals surface area contributed by atoms with Crippen LogP contribution in [0.15, 0.2) is 17.5 Å². The summed E-state index contributed by atoms with van der Waals surface area (Å²) >= 11 is 1.69. The van der Waals surface area contributed by atoms with Crippen LogP contribution in [-0.4, -0.2) is 5.11 Å². The van der Waals surface area contributed by atoms with Crippen LogP contribution in [0.4, 0.5) is 0 Å². The van der Waals surface area contributed by atoms with Crippen molar-refractivity contribution in [2.45, 2.75) is 52.1 Å². The molecule has 1 aliphatic rings. The largest absolute Gasteiger partial charge is 0.383 e. The van der Waals surface area contributed by atoms with Gasteiger partial charge in [-0.25, -0.2) is 0 Å². The van der Waals surface area contributed by atoms with E-state index in [0.29, 0.717) is 5.92 Å². The van der Waals surface area contributed by atoms with Crippen LogP contribution >= 0.6 is 11.3 Å². The lowest BCUT2D eigenvalue weighted by atomic mass is 9.67. The predicted molar refractivity (Wildman–Crippen MR) is 69.6 cm³/mol. The summed E-state index contributed by atoms with van der Waals surface area (Å²) < 4.78 is 0. The van der Waals surface area contributed by atoms with Gasteiger partial charge in [-0.05, 0) is 35.6 Å². The van der Waals surface area contributed by atoms with Crippen LogP contribution in [0.2, 0.25) is 0 Å².